The summed E-state index contributed by atoms with van der Waals surface area (Å²) in [6, 6.07) is -0.724. The molecule has 0 fully saturated rings. The van der Waals surface area contributed by atoms with Gasteiger partial charge in [-0.05, 0) is 20.8 Å². The summed E-state index contributed by atoms with van der Waals surface area (Å²) in [6.07, 6.45) is -2.08. The molecule has 3 unspecified atom stereocenters. The number of nitrogens with zero attached hydrogens (tertiary/aromatic N) is 3. The molecule has 0 saturated heterocycles. The maximum Gasteiger partial charge on any atom is 0.331 e. The van der Waals surface area contributed by atoms with E-state index in [1.807, 2.05) is 0 Å². The molecule has 1 aromatic heterocycles. The number of carboxylic acid groups (broad SMARTS) is 3. The number of aromatic nitrogens is 3. The molecule has 0 bridgehead atoms. The van der Waals surface area contributed by atoms with Crippen LogP contribution in [0.3, 0.4) is 0 Å². The highest BCUT2D eigenvalue weighted by atomic mass is 16.5. The summed E-state index contributed by atoms with van der Waals surface area (Å²) in [7, 11) is 0. The second kappa shape index (κ2) is 12.2. The number of aliphatic carboxylic acids is 3. The maximum absolute atomic E-state index is 11.0. The summed E-state index contributed by atoms with van der Waals surface area (Å²) in [5, 5.41) is 26.9. The van der Waals surface area contributed by atoms with Crippen molar-refractivity contribution in [3.05, 3.63) is 36.5 Å². The third-order valence-electron chi connectivity index (χ3n) is 4.00. The molecule has 1 rings (SSSR count). The monoisotopic (exact) mass is 465 g/mol. The normalized spacial score (nSPS) is 13.2. The summed E-state index contributed by atoms with van der Waals surface area (Å²) >= 11 is 0. The van der Waals surface area contributed by atoms with Crippen molar-refractivity contribution >= 4 is 17.9 Å². The van der Waals surface area contributed by atoms with E-state index in [9.17, 15) is 14.4 Å². The molecule has 3 atom stereocenters. The van der Waals surface area contributed by atoms with Gasteiger partial charge in [0.15, 0.2) is 0 Å². The van der Waals surface area contributed by atoms with Gasteiger partial charge in [-0.2, -0.15) is 0 Å². The Labute approximate surface area is 190 Å². The molecular formula is C21H27N3O9. The van der Waals surface area contributed by atoms with Gasteiger partial charge >= 0.3 is 35.9 Å². The van der Waals surface area contributed by atoms with Crippen molar-refractivity contribution in [2.24, 2.45) is 0 Å². The number of hydrogen-bond donors (Lipinski definition) is 3. The van der Waals surface area contributed by atoms with Crippen LogP contribution in [0.5, 0.6) is 18.0 Å². The highest BCUT2D eigenvalue weighted by Crippen LogP contribution is 2.21. The number of carbonyl (C=O) groups is 3. The van der Waals surface area contributed by atoms with E-state index in [4.69, 9.17) is 29.5 Å². The van der Waals surface area contributed by atoms with E-state index in [0.717, 1.165) is 0 Å². The van der Waals surface area contributed by atoms with Gasteiger partial charge in [-0.25, -0.2) is 14.4 Å². The minimum absolute atomic E-state index is 0.0168. The van der Waals surface area contributed by atoms with E-state index in [-0.39, 0.29) is 54.0 Å². The Bertz CT molecular complexity index is 814. The van der Waals surface area contributed by atoms with Gasteiger partial charge in [-0.15, -0.1) is 15.0 Å². The summed E-state index contributed by atoms with van der Waals surface area (Å²) < 4.78 is 16.6. The molecule has 0 spiro atoms. The Morgan fingerprint density at radius 3 is 1.03 bits per heavy atom. The van der Waals surface area contributed by atoms with E-state index in [0.29, 0.717) is 0 Å². The van der Waals surface area contributed by atoms with Gasteiger partial charge < -0.3 is 29.5 Å². The molecule has 0 aromatic carbocycles. The predicted molar refractivity (Wildman–Crippen MR) is 114 cm³/mol. The van der Waals surface area contributed by atoms with Crippen molar-refractivity contribution in [2.75, 3.05) is 0 Å². The first-order valence-corrected chi connectivity index (χ1v) is 9.77. The lowest BCUT2D eigenvalue weighted by atomic mass is 10.1. The van der Waals surface area contributed by atoms with Crippen LogP contribution in [0, 0.1) is 0 Å². The van der Waals surface area contributed by atoms with Gasteiger partial charge in [0.05, 0.1) is 0 Å². The van der Waals surface area contributed by atoms with Gasteiger partial charge in [-0.3, -0.25) is 0 Å². The average molecular weight is 465 g/mol. The van der Waals surface area contributed by atoms with Crippen LogP contribution >= 0.6 is 0 Å². The molecule has 0 radical (unpaired) electrons. The molecule has 0 aliphatic rings. The van der Waals surface area contributed by atoms with E-state index >= 15 is 0 Å². The van der Waals surface area contributed by atoms with Gasteiger partial charge in [0.25, 0.3) is 0 Å². The van der Waals surface area contributed by atoms with E-state index in [1.165, 1.54) is 0 Å². The van der Waals surface area contributed by atoms with Crippen LogP contribution in [0.1, 0.15) is 40.0 Å². The van der Waals surface area contributed by atoms with Crippen LogP contribution < -0.4 is 14.2 Å². The lowest BCUT2D eigenvalue weighted by molar-refractivity contribution is -0.133. The first-order valence-electron chi connectivity index (χ1n) is 9.77. The molecule has 0 aliphatic carbocycles. The number of carboxylic acids is 3. The molecule has 3 N–H and O–H groups in total. The quantitative estimate of drug-likeness (QED) is 0.322. The lowest BCUT2D eigenvalue weighted by Gasteiger charge is -2.18. The fourth-order valence-electron chi connectivity index (χ4n) is 2.45. The van der Waals surface area contributed by atoms with Crippen molar-refractivity contribution in [1.82, 2.24) is 15.0 Å². The second-order valence-electron chi connectivity index (χ2n) is 7.31. The van der Waals surface area contributed by atoms with Crippen LogP contribution in [0.25, 0.3) is 0 Å². The van der Waals surface area contributed by atoms with E-state index in [2.05, 4.69) is 34.7 Å². The van der Waals surface area contributed by atoms with Crippen LogP contribution in [-0.4, -0.2) is 66.5 Å². The fourth-order valence-corrected chi connectivity index (χ4v) is 2.45. The Hall–Kier alpha value is -3.96. The molecule has 12 heteroatoms. The number of rotatable bonds is 15. The molecule has 0 saturated carbocycles. The van der Waals surface area contributed by atoms with E-state index < -0.39 is 36.2 Å². The van der Waals surface area contributed by atoms with Crippen molar-refractivity contribution in [3.63, 3.8) is 0 Å². The summed E-state index contributed by atoms with van der Waals surface area (Å²) in [5.74, 6) is -3.52. The molecule has 0 amide bonds. The topological polar surface area (TPSA) is 178 Å². The summed E-state index contributed by atoms with van der Waals surface area (Å²) in [4.78, 5) is 44.9. The molecule has 180 valence electrons. The Morgan fingerprint density at radius 1 is 0.636 bits per heavy atom. The molecule has 33 heavy (non-hydrogen) atoms. The van der Waals surface area contributed by atoms with Crippen LogP contribution in [0.15, 0.2) is 36.5 Å². The van der Waals surface area contributed by atoms with Crippen molar-refractivity contribution < 1.29 is 43.9 Å². The Kier molecular flexibility index (Phi) is 9.99. The van der Waals surface area contributed by atoms with E-state index in [1.54, 1.807) is 20.8 Å². The third kappa shape index (κ3) is 9.80. The van der Waals surface area contributed by atoms with Gasteiger partial charge in [-0.1, -0.05) is 19.7 Å². The van der Waals surface area contributed by atoms with Crippen molar-refractivity contribution in [3.8, 4) is 18.0 Å². The van der Waals surface area contributed by atoms with Crippen molar-refractivity contribution in [2.45, 2.75) is 58.3 Å². The third-order valence-corrected chi connectivity index (χ3v) is 4.00. The first kappa shape index (κ1) is 27.1. The highest BCUT2D eigenvalue weighted by Gasteiger charge is 2.20. The van der Waals surface area contributed by atoms with Crippen LogP contribution in [0.2, 0.25) is 0 Å². The number of hydrogen-bond acceptors (Lipinski definition) is 9. The minimum Gasteiger partial charge on any atom is -0.478 e. The maximum atomic E-state index is 11.0. The molecule has 12 nitrogen and oxygen atoms in total. The second-order valence-corrected chi connectivity index (χ2v) is 7.31. The standard InChI is InChI=1S/C21H27N3O9/c1-10(16(25)26)7-13(4)31-19-22-20(32-14(5)8-11(2)17(27)28)24-21(23-19)33-15(6)9-12(3)18(29)30/h13-15H,1-3,7-9H2,4-6H3,(H,25,26)(H,27,28)(H,29,30). The summed E-state index contributed by atoms with van der Waals surface area (Å²) in [6.45, 7) is 15.1. The molecule has 1 heterocycles. The van der Waals surface area contributed by atoms with Crippen molar-refractivity contribution in [1.29, 1.82) is 0 Å². The number of ether oxygens (including phenoxy) is 3. The zero-order chi connectivity index (χ0) is 25.3. The van der Waals surface area contributed by atoms with Gasteiger partial charge in [0.2, 0.25) is 0 Å². The van der Waals surface area contributed by atoms with Gasteiger partial charge in [0, 0.05) is 36.0 Å². The SMILES string of the molecule is C=C(CC(C)Oc1nc(OC(C)CC(=C)C(=O)O)nc(OC(C)CC(=C)C(=O)O)n1)C(=O)O. The molecule has 0 aliphatic heterocycles. The first-order chi connectivity index (χ1) is 15.3. The summed E-state index contributed by atoms with van der Waals surface area (Å²) in [5.41, 5.74) is -0.233. The largest absolute Gasteiger partial charge is 0.478 e. The molecular weight excluding hydrogens is 438 g/mol. The van der Waals surface area contributed by atoms with Gasteiger partial charge in [0.1, 0.15) is 18.3 Å². The van der Waals surface area contributed by atoms with Crippen LogP contribution in [0.4, 0.5) is 0 Å². The fraction of sp³-hybridized carbons (Fsp3) is 0.429. The van der Waals surface area contributed by atoms with Crippen LogP contribution in [-0.2, 0) is 14.4 Å². The highest BCUT2D eigenvalue weighted by molar-refractivity contribution is 5.86. The predicted octanol–water partition coefficient (Wildman–Crippen LogP) is 2.27. The Balaban J connectivity index is 3.08. The smallest absolute Gasteiger partial charge is 0.331 e. The molecule has 1 aromatic rings. The zero-order valence-electron chi connectivity index (χ0n) is 18.6. The Morgan fingerprint density at radius 2 is 0.848 bits per heavy atom. The lowest BCUT2D eigenvalue weighted by Crippen LogP contribution is -2.21. The minimum atomic E-state index is -1.17. The average Bonchev–Trinajstić information content (AvgIpc) is 2.66. The zero-order valence-corrected chi connectivity index (χ0v) is 18.6.